The van der Waals surface area contributed by atoms with E-state index in [1.54, 1.807) is 20.2 Å². The standard InChI is InChI=1S/C17H25Cl2N3O.HI/c1-20-16(21-11-13-4-5-14(18)10-15(13)19)22-12-17(6-3-7-17)8-9-23-2;/h4-5,10H,3,6-9,11-12H2,1-2H3,(H2,20,21,22);1H. The van der Waals surface area contributed by atoms with Gasteiger partial charge in [-0.1, -0.05) is 35.7 Å². The summed E-state index contributed by atoms with van der Waals surface area (Å²) in [7, 11) is 3.54. The van der Waals surface area contributed by atoms with Gasteiger partial charge in [0.25, 0.3) is 0 Å². The third-order valence-corrected chi connectivity index (χ3v) is 5.15. The van der Waals surface area contributed by atoms with E-state index in [4.69, 9.17) is 27.9 Å². The summed E-state index contributed by atoms with van der Waals surface area (Å²) in [5.41, 5.74) is 1.35. The fourth-order valence-electron chi connectivity index (χ4n) is 2.85. The molecule has 0 saturated heterocycles. The van der Waals surface area contributed by atoms with Crippen LogP contribution in [0.3, 0.4) is 0 Å². The van der Waals surface area contributed by atoms with Gasteiger partial charge in [0, 0.05) is 43.9 Å². The van der Waals surface area contributed by atoms with Gasteiger partial charge in [-0.25, -0.2) is 0 Å². The van der Waals surface area contributed by atoms with Crippen LogP contribution in [0.5, 0.6) is 0 Å². The van der Waals surface area contributed by atoms with Crippen molar-refractivity contribution < 1.29 is 4.74 Å². The molecule has 2 N–H and O–H groups in total. The van der Waals surface area contributed by atoms with E-state index in [0.717, 1.165) is 31.1 Å². The molecule has 1 aliphatic rings. The minimum absolute atomic E-state index is 0. The van der Waals surface area contributed by atoms with Crippen molar-refractivity contribution >= 4 is 53.1 Å². The van der Waals surface area contributed by atoms with Crippen molar-refractivity contribution in [1.29, 1.82) is 0 Å². The van der Waals surface area contributed by atoms with Crippen LogP contribution >= 0.6 is 47.2 Å². The van der Waals surface area contributed by atoms with Crippen molar-refractivity contribution in [2.75, 3.05) is 27.3 Å². The average Bonchev–Trinajstić information content (AvgIpc) is 2.50. The van der Waals surface area contributed by atoms with Crippen LogP contribution in [-0.2, 0) is 11.3 Å². The molecule has 0 amide bonds. The lowest BCUT2D eigenvalue weighted by atomic mass is 9.67. The van der Waals surface area contributed by atoms with E-state index in [1.807, 2.05) is 12.1 Å². The predicted octanol–water partition coefficient (Wildman–Crippen LogP) is 4.48. The number of guanidine groups is 1. The van der Waals surface area contributed by atoms with Crippen molar-refractivity contribution in [2.45, 2.75) is 32.2 Å². The van der Waals surface area contributed by atoms with E-state index >= 15 is 0 Å². The molecule has 0 aromatic heterocycles. The zero-order chi connectivity index (χ0) is 16.7. The molecule has 136 valence electrons. The topological polar surface area (TPSA) is 45.7 Å². The molecule has 24 heavy (non-hydrogen) atoms. The summed E-state index contributed by atoms with van der Waals surface area (Å²) in [6.45, 7) is 2.35. The second-order valence-corrected chi connectivity index (χ2v) is 6.96. The summed E-state index contributed by atoms with van der Waals surface area (Å²) >= 11 is 12.1. The second-order valence-electron chi connectivity index (χ2n) is 6.11. The maximum atomic E-state index is 6.20. The molecule has 1 fully saturated rings. The SMILES string of the molecule is CN=C(NCc1ccc(Cl)cc1Cl)NCC1(CCOC)CCC1.I. The Morgan fingerprint density at radius 3 is 2.58 bits per heavy atom. The van der Waals surface area contributed by atoms with Gasteiger partial charge in [0.2, 0.25) is 0 Å². The van der Waals surface area contributed by atoms with Gasteiger partial charge in [0.1, 0.15) is 0 Å². The van der Waals surface area contributed by atoms with Gasteiger partial charge in [0.15, 0.2) is 5.96 Å². The second kappa shape index (κ2) is 10.7. The van der Waals surface area contributed by atoms with Gasteiger partial charge in [-0.2, -0.15) is 0 Å². The van der Waals surface area contributed by atoms with Crippen LogP contribution in [-0.4, -0.2) is 33.3 Å². The summed E-state index contributed by atoms with van der Waals surface area (Å²) < 4.78 is 5.24. The number of rotatable bonds is 7. The van der Waals surface area contributed by atoms with Gasteiger partial charge in [-0.05, 0) is 42.4 Å². The normalized spacial score (nSPS) is 16.1. The highest BCUT2D eigenvalue weighted by Crippen LogP contribution is 2.43. The van der Waals surface area contributed by atoms with E-state index in [2.05, 4.69) is 15.6 Å². The highest BCUT2D eigenvalue weighted by atomic mass is 127. The number of methoxy groups -OCH3 is 1. The van der Waals surface area contributed by atoms with E-state index in [-0.39, 0.29) is 24.0 Å². The van der Waals surface area contributed by atoms with E-state index < -0.39 is 0 Å². The molecular formula is C17H26Cl2IN3O. The lowest BCUT2D eigenvalue weighted by Gasteiger charge is -2.42. The molecule has 0 heterocycles. The van der Waals surface area contributed by atoms with Crippen LogP contribution in [0.15, 0.2) is 23.2 Å². The monoisotopic (exact) mass is 485 g/mol. The van der Waals surface area contributed by atoms with Crippen LogP contribution in [0, 0.1) is 5.41 Å². The van der Waals surface area contributed by atoms with E-state index in [0.29, 0.717) is 22.0 Å². The Morgan fingerprint density at radius 1 is 1.29 bits per heavy atom. The Morgan fingerprint density at radius 2 is 2.04 bits per heavy atom. The summed E-state index contributed by atoms with van der Waals surface area (Å²) in [5.74, 6) is 0.791. The molecule has 1 saturated carbocycles. The lowest BCUT2D eigenvalue weighted by Crippen LogP contribution is -2.46. The molecule has 1 aliphatic carbocycles. The van der Waals surface area contributed by atoms with Crippen molar-refractivity contribution in [2.24, 2.45) is 10.4 Å². The molecule has 1 aromatic rings. The fourth-order valence-corrected chi connectivity index (χ4v) is 3.32. The van der Waals surface area contributed by atoms with Crippen molar-refractivity contribution in [3.8, 4) is 0 Å². The predicted molar refractivity (Wildman–Crippen MR) is 113 cm³/mol. The maximum absolute atomic E-state index is 6.20. The number of aliphatic imine (C=N–C) groups is 1. The molecule has 0 aliphatic heterocycles. The molecule has 0 radical (unpaired) electrons. The van der Waals surface area contributed by atoms with Gasteiger partial charge in [-0.15, -0.1) is 24.0 Å². The number of hydrogen-bond acceptors (Lipinski definition) is 2. The molecule has 0 bridgehead atoms. The Labute approximate surface area is 171 Å². The molecule has 0 atom stereocenters. The highest BCUT2D eigenvalue weighted by molar-refractivity contribution is 14.0. The number of halogens is 3. The Bertz CT molecular complexity index is 551. The Hall–Kier alpha value is -0.240. The first-order chi connectivity index (χ1) is 11.1. The first-order valence-corrected chi connectivity index (χ1v) is 8.71. The number of hydrogen-bond donors (Lipinski definition) is 2. The van der Waals surface area contributed by atoms with Gasteiger partial charge >= 0.3 is 0 Å². The lowest BCUT2D eigenvalue weighted by molar-refractivity contribution is 0.0732. The number of nitrogens with zero attached hydrogens (tertiary/aromatic N) is 1. The number of nitrogens with one attached hydrogen (secondary N) is 2. The molecule has 4 nitrogen and oxygen atoms in total. The molecule has 1 aromatic carbocycles. The third kappa shape index (κ3) is 6.24. The maximum Gasteiger partial charge on any atom is 0.191 e. The van der Waals surface area contributed by atoms with Crippen molar-refractivity contribution in [1.82, 2.24) is 10.6 Å². The molecular weight excluding hydrogens is 460 g/mol. The minimum Gasteiger partial charge on any atom is -0.385 e. The van der Waals surface area contributed by atoms with Gasteiger partial charge in [0.05, 0.1) is 0 Å². The zero-order valence-electron chi connectivity index (χ0n) is 14.2. The fraction of sp³-hybridized carbons (Fsp3) is 0.588. The van der Waals surface area contributed by atoms with Gasteiger partial charge in [-0.3, -0.25) is 4.99 Å². The summed E-state index contributed by atoms with van der Waals surface area (Å²) in [6.07, 6.45) is 4.90. The van der Waals surface area contributed by atoms with Crippen molar-refractivity contribution in [3.05, 3.63) is 33.8 Å². The Kier molecular flexibility index (Phi) is 9.71. The van der Waals surface area contributed by atoms with Crippen LogP contribution < -0.4 is 10.6 Å². The van der Waals surface area contributed by atoms with Crippen LogP contribution in [0.1, 0.15) is 31.2 Å². The van der Waals surface area contributed by atoms with Crippen molar-refractivity contribution in [3.63, 3.8) is 0 Å². The summed E-state index contributed by atoms with van der Waals surface area (Å²) in [6, 6.07) is 5.52. The smallest absolute Gasteiger partial charge is 0.191 e. The largest absolute Gasteiger partial charge is 0.385 e. The summed E-state index contributed by atoms with van der Waals surface area (Å²) in [4.78, 5) is 4.29. The number of benzene rings is 1. The molecule has 0 unspecified atom stereocenters. The van der Waals surface area contributed by atoms with Crippen LogP contribution in [0.4, 0.5) is 0 Å². The van der Waals surface area contributed by atoms with Crippen LogP contribution in [0.2, 0.25) is 10.0 Å². The Balaban J connectivity index is 0.00000288. The number of ether oxygens (including phenoxy) is 1. The third-order valence-electron chi connectivity index (χ3n) is 4.57. The molecule has 2 rings (SSSR count). The van der Waals surface area contributed by atoms with E-state index in [1.165, 1.54) is 19.3 Å². The van der Waals surface area contributed by atoms with Gasteiger partial charge < -0.3 is 15.4 Å². The minimum atomic E-state index is 0. The first kappa shape index (κ1) is 21.8. The van der Waals surface area contributed by atoms with Crippen LogP contribution in [0.25, 0.3) is 0 Å². The quantitative estimate of drug-likeness (QED) is 0.340. The van der Waals surface area contributed by atoms with E-state index in [9.17, 15) is 0 Å². The first-order valence-electron chi connectivity index (χ1n) is 7.96. The zero-order valence-corrected chi connectivity index (χ0v) is 18.0. The molecule has 7 heteroatoms. The summed E-state index contributed by atoms with van der Waals surface area (Å²) in [5, 5.41) is 8.05. The highest BCUT2D eigenvalue weighted by Gasteiger charge is 2.36. The average molecular weight is 486 g/mol. The molecule has 0 spiro atoms.